The van der Waals surface area contributed by atoms with Gasteiger partial charge in [0, 0.05) is 39.6 Å². The molecule has 2 aromatic heterocycles. The first kappa shape index (κ1) is 17.2. The van der Waals surface area contributed by atoms with Gasteiger partial charge < -0.3 is 15.0 Å². The fourth-order valence-electron chi connectivity index (χ4n) is 4.00. The minimum Gasteiger partial charge on any atom is -0.383 e. The lowest BCUT2D eigenvalue weighted by atomic mass is 10.1. The summed E-state index contributed by atoms with van der Waals surface area (Å²) in [7, 11) is 3.56. The number of rotatable bonds is 6. The van der Waals surface area contributed by atoms with E-state index in [-0.39, 0.29) is 11.9 Å². The van der Waals surface area contributed by atoms with Crippen LogP contribution in [0.15, 0.2) is 6.20 Å². The Bertz CT molecular complexity index is 798. The number of methoxy groups -OCH3 is 1. The molecule has 1 aliphatic heterocycles. The van der Waals surface area contributed by atoms with Crippen molar-refractivity contribution in [2.24, 2.45) is 7.05 Å². The minimum absolute atomic E-state index is 0.0501. The highest BCUT2D eigenvalue weighted by atomic mass is 16.5. The van der Waals surface area contributed by atoms with Crippen molar-refractivity contribution < 1.29 is 9.53 Å². The summed E-state index contributed by atoms with van der Waals surface area (Å²) in [6.45, 7) is 1.87. The Morgan fingerprint density at radius 2 is 2.12 bits per heavy atom. The van der Waals surface area contributed by atoms with Crippen molar-refractivity contribution in [3.8, 4) is 0 Å². The third kappa shape index (κ3) is 3.25. The molecular formula is C18H26N6O2. The molecule has 140 valence electrons. The van der Waals surface area contributed by atoms with Crippen LogP contribution in [0.5, 0.6) is 0 Å². The summed E-state index contributed by atoms with van der Waals surface area (Å²) in [6.07, 6.45) is 7.06. The Balaban J connectivity index is 1.58. The van der Waals surface area contributed by atoms with Crippen LogP contribution in [0.3, 0.4) is 0 Å². The van der Waals surface area contributed by atoms with E-state index < -0.39 is 0 Å². The van der Waals surface area contributed by atoms with Crippen molar-refractivity contribution in [1.82, 2.24) is 24.6 Å². The third-order valence-electron chi connectivity index (χ3n) is 5.45. The Morgan fingerprint density at radius 1 is 1.31 bits per heavy atom. The maximum Gasteiger partial charge on any atom is 0.224 e. The molecular weight excluding hydrogens is 332 g/mol. The second kappa shape index (κ2) is 7.19. The van der Waals surface area contributed by atoms with Gasteiger partial charge in [0.1, 0.15) is 11.6 Å². The molecule has 2 aliphatic rings. The molecule has 2 aromatic rings. The van der Waals surface area contributed by atoms with E-state index in [4.69, 9.17) is 14.7 Å². The predicted octanol–water partition coefficient (Wildman–Crippen LogP) is 1.68. The molecule has 2 fully saturated rings. The van der Waals surface area contributed by atoms with Crippen molar-refractivity contribution >= 4 is 22.8 Å². The van der Waals surface area contributed by atoms with Gasteiger partial charge in [-0.05, 0) is 12.8 Å². The van der Waals surface area contributed by atoms with Gasteiger partial charge in [0.05, 0.1) is 24.2 Å². The quantitative estimate of drug-likeness (QED) is 0.846. The van der Waals surface area contributed by atoms with Crippen molar-refractivity contribution in [2.75, 3.05) is 32.1 Å². The highest BCUT2D eigenvalue weighted by Gasteiger charge is 2.30. The van der Waals surface area contributed by atoms with Gasteiger partial charge in [0.2, 0.25) is 5.91 Å². The number of hydrogen-bond donors (Lipinski definition) is 1. The van der Waals surface area contributed by atoms with Crippen LogP contribution in [0.1, 0.15) is 43.8 Å². The zero-order valence-corrected chi connectivity index (χ0v) is 15.4. The van der Waals surface area contributed by atoms with Crippen LogP contribution in [0.2, 0.25) is 0 Å². The summed E-state index contributed by atoms with van der Waals surface area (Å²) >= 11 is 0. The zero-order chi connectivity index (χ0) is 18.1. The fraction of sp³-hybridized carbons (Fsp3) is 0.667. The van der Waals surface area contributed by atoms with E-state index in [1.54, 1.807) is 18.0 Å². The zero-order valence-electron chi connectivity index (χ0n) is 15.4. The van der Waals surface area contributed by atoms with Crippen molar-refractivity contribution in [2.45, 2.75) is 44.1 Å². The van der Waals surface area contributed by atoms with Gasteiger partial charge in [-0.2, -0.15) is 5.10 Å². The molecule has 0 spiro atoms. The van der Waals surface area contributed by atoms with E-state index in [9.17, 15) is 4.79 Å². The van der Waals surface area contributed by atoms with Gasteiger partial charge in [-0.25, -0.2) is 9.97 Å². The lowest BCUT2D eigenvalue weighted by Gasteiger charge is -2.18. The molecule has 0 radical (unpaired) electrons. The normalized spacial score (nSPS) is 21.2. The summed E-state index contributed by atoms with van der Waals surface area (Å²) in [6, 6.07) is 0.0501. The van der Waals surface area contributed by atoms with E-state index in [2.05, 4.69) is 10.4 Å². The van der Waals surface area contributed by atoms with Crippen molar-refractivity contribution in [1.29, 1.82) is 0 Å². The topological polar surface area (TPSA) is 85.2 Å². The number of anilines is 1. The number of carbonyl (C=O) groups excluding carboxylic acids is 1. The average Bonchev–Trinajstić information content (AvgIpc) is 3.35. The fourth-order valence-corrected chi connectivity index (χ4v) is 4.00. The van der Waals surface area contributed by atoms with Gasteiger partial charge in [0.25, 0.3) is 0 Å². The number of amides is 1. The summed E-state index contributed by atoms with van der Waals surface area (Å²) in [4.78, 5) is 23.7. The number of carbonyl (C=O) groups is 1. The summed E-state index contributed by atoms with van der Waals surface area (Å²) in [5, 5.41) is 8.75. The number of hydrogen-bond acceptors (Lipinski definition) is 6. The van der Waals surface area contributed by atoms with Gasteiger partial charge in [0.15, 0.2) is 5.65 Å². The molecule has 1 saturated carbocycles. The van der Waals surface area contributed by atoms with Crippen LogP contribution >= 0.6 is 0 Å². The highest BCUT2D eigenvalue weighted by Crippen LogP contribution is 2.34. The Morgan fingerprint density at radius 3 is 2.88 bits per heavy atom. The Kier molecular flexibility index (Phi) is 4.76. The molecule has 0 unspecified atom stereocenters. The third-order valence-corrected chi connectivity index (χ3v) is 5.45. The summed E-state index contributed by atoms with van der Waals surface area (Å²) < 4.78 is 6.89. The first-order valence-electron chi connectivity index (χ1n) is 9.38. The SMILES string of the molecule is COCCN1C[C@@H](Nc2nc(C3CCCC3)nc3c2cnn3C)CC1=O. The average molecular weight is 358 g/mol. The molecule has 1 atom stereocenters. The van der Waals surface area contributed by atoms with Crippen LogP contribution < -0.4 is 5.32 Å². The molecule has 26 heavy (non-hydrogen) atoms. The smallest absolute Gasteiger partial charge is 0.224 e. The molecule has 8 heteroatoms. The number of aryl methyl sites for hydroxylation is 1. The van der Waals surface area contributed by atoms with E-state index in [1.165, 1.54) is 12.8 Å². The lowest BCUT2D eigenvalue weighted by molar-refractivity contribution is -0.128. The van der Waals surface area contributed by atoms with E-state index >= 15 is 0 Å². The Hall–Kier alpha value is -2.22. The van der Waals surface area contributed by atoms with E-state index in [0.717, 1.165) is 35.5 Å². The van der Waals surface area contributed by atoms with E-state index in [0.29, 0.717) is 32.0 Å². The van der Waals surface area contributed by atoms with Crippen molar-refractivity contribution in [3.63, 3.8) is 0 Å². The molecule has 1 saturated heterocycles. The maximum atomic E-state index is 12.2. The standard InChI is InChI=1S/C18H26N6O2/c1-23-18-14(10-19-23)17(21-16(22-18)12-5-3-4-6-12)20-13-9-15(25)24(11-13)7-8-26-2/h10,12-13H,3-9,11H2,1-2H3,(H,20,21,22)/t13-/m0/s1. The molecule has 0 aromatic carbocycles. The molecule has 8 nitrogen and oxygen atoms in total. The van der Waals surface area contributed by atoms with Crippen LogP contribution in [-0.4, -0.2) is 63.4 Å². The first-order chi connectivity index (χ1) is 12.7. The summed E-state index contributed by atoms with van der Waals surface area (Å²) in [5.41, 5.74) is 0.852. The molecule has 0 bridgehead atoms. The number of likely N-dealkylation sites (tertiary alicyclic amines) is 1. The number of aromatic nitrogens is 4. The number of nitrogens with one attached hydrogen (secondary N) is 1. The van der Waals surface area contributed by atoms with Crippen LogP contribution in [0, 0.1) is 0 Å². The minimum atomic E-state index is 0.0501. The monoisotopic (exact) mass is 358 g/mol. The largest absolute Gasteiger partial charge is 0.383 e. The van der Waals surface area contributed by atoms with Gasteiger partial charge >= 0.3 is 0 Å². The van der Waals surface area contributed by atoms with Crippen LogP contribution in [0.4, 0.5) is 5.82 Å². The van der Waals surface area contributed by atoms with Gasteiger partial charge in [-0.15, -0.1) is 0 Å². The first-order valence-corrected chi connectivity index (χ1v) is 9.38. The lowest BCUT2D eigenvalue weighted by Crippen LogP contribution is -2.31. The van der Waals surface area contributed by atoms with E-state index in [1.807, 2.05) is 11.9 Å². The van der Waals surface area contributed by atoms with Gasteiger partial charge in [-0.1, -0.05) is 12.8 Å². The van der Waals surface area contributed by atoms with Crippen LogP contribution in [0.25, 0.3) is 11.0 Å². The van der Waals surface area contributed by atoms with Crippen LogP contribution in [-0.2, 0) is 16.6 Å². The molecule has 3 heterocycles. The molecule has 1 aliphatic carbocycles. The molecule has 1 amide bonds. The molecule has 4 rings (SSSR count). The number of ether oxygens (including phenoxy) is 1. The summed E-state index contributed by atoms with van der Waals surface area (Å²) in [5.74, 6) is 2.29. The second-order valence-electron chi connectivity index (χ2n) is 7.30. The Labute approximate surface area is 152 Å². The van der Waals surface area contributed by atoms with Crippen molar-refractivity contribution in [3.05, 3.63) is 12.0 Å². The second-order valence-corrected chi connectivity index (χ2v) is 7.30. The number of fused-ring (bicyclic) bond motifs is 1. The molecule has 1 N–H and O–H groups in total. The predicted molar refractivity (Wildman–Crippen MR) is 98.0 cm³/mol. The number of nitrogens with zero attached hydrogens (tertiary/aromatic N) is 5. The van der Waals surface area contributed by atoms with Gasteiger partial charge in [-0.3, -0.25) is 9.48 Å². The highest BCUT2D eigenvalue weighted by molar-refractivity contribution is 5.87. The maximum absolute atomic E-state index is 12.2.